The molecule has 2 aromatic rings. The van der Waals surface area contributed by atoms with Crippen LogP contribution in [0.5, 0.6) is 0 Å². The van der Waals surface area contributed by atoms with Crippen LogP contribution in [0.1, 0.15) is 78.4 Å². The maximum Gasteiger partial charge on any atom is 0.303 e. The maximum absolute atomic E-state index is 11.9. The number of aryl methyl sites for hydroxylation is 2. The van der Waals surface area contributed by atoms with Crippen molar-refractivity contribution < 1.29 is 14.7 Å². The number of carbonyl (C=O) groups excluding carboxylic acids is 1. The Bertz CT molecular complexity index is 848. The highest BCUT2D eigenvalue weighted by molar-refractivity contribution is 5.95. The number of rotatable bonds is 10. The summed E-state index contributed by atoms with van der Waals surface area (Å²) in [6.07, 6.45) is 6.16. The van der Waals surface area contributed by atoms with Crippen LogP contribution >= 0.6 is 0 Å². The lowest BCUT2D eigenvalue weighted by molar-refractivity contribution is -0.138. The number of Topliss-reactive ketones (excluding diaryl/α,β-unsaturated/α-hetero) is 1. The number of hydrogen-bond acceptors (Lipinski definition) is 2. The van der Waals surface area contributed by atoms with Crippen molar-refractivity contribution in [1.29, 1.82) is 0 Å². The minimum absolute atomic E-state index is 0.0190. The Hall–Kier alpha value is -2.42. The van der Waals surface area contributed by atoms with Gasteiger partial charge in [-0.15, -0.1) is 0 Å². The molecule has 1 atom stereocenters. The molecule has 0 aliphatic heterocycles. The molecule has 3 heteroatoms. The van der Waals surface area contributed by atoms with E-state index in [1.165, 1.54) is 11.1 Å². The summed E-state index contributed by atoms with van der Waals surface area (Å²) in [4.78, 5) is 23.1. The van der Waals surface area contributed by atoms with Gasteiger partial charge in [-0.3, -0.25) is 9.59 Å². The zero-order valence-corrected chi connectivity index (χ0v) is 16.9. The molecule has 1 saturated carbocycles. The largest absolute Gasteiger partial charge is 0.481 e. The smallest absolute Gasteiger partial charge is 0.303 e. The van der Waals surface area contributed by atoms with E-state index < -0.39 is 5.97 Å². The van der Waals surface area contributed by atoms with Crippen LogP contribution in [0.25, 0.3) is 0 Å². The lowest BCUT2D eigenvalue weighted by atomic mass is 9.83. The standard InChI is InChI=1S/C25H30O3/c1-18-6-5-8-22(16-18)20(12-13-25(14-15-25)17-24(27)28)10-11-21-7-3-4-9-23(21)19(2)26/h3-9,16,20H,10-15,17H2,1-2H3,(H,27,28)/t20-/m0/s1. The van der Waals surface area contributed by atoms with E-state index >= 15 is 0 Å². The summed E-state index contributed by atoms with van der Waals surface area (Å²) in [6, 6.07) is 16.5. The first-order chi connectivity index (χ1) is 13.4. The van der Waals surface area contributed by atoms with Gasteiger partial charge in [0.1, 0.15) is 0 Å². The van der Waals surface area contributed by atoms with Crippen LogP contribution in [0, 0.1) is 12.3 Å². The van der Waals surface area contributed by atoms with Gasteiger partial charge in [0.2, 0.25) is 0 Å². The summed E-state index contributed by atoms with van der Waals surface area (Å²) in [5.74, 6) is -0.188. The van der Waals surface area contributed by atoms with Crippen LogP contribution in [-0.4, -0.2) is 16.9 Å². The van der Waals surface area contributed by atoms with E-state index in [-0.39, 0.29) is 11.2 Å². The molecular formula is C25H30O3. The van der Waals surface area contributed by atoms with Gasteiger partial charge < -0.3 is 5.11 Å². The second-order valence-electron chi connectivity index (χ2n) is 8.47. The molecular weight excluding hydrogens is 348 g/mol. The fourth-order valence-corrected chi connectivity index (χ4v) is 4.31. The van der Waals surface area contributed by atoms with E-state index in [9.17, 15) is 14.7 Å². The van der Waals surface area contributed by atoms with Crippen molar-refractivity contribution in [3.05, 3.63) is 70.8 Å². The van der Waals surface area contributed by atoms with E-state index in [2.05, 4.69) is 37.3 Å². The van der Waals surface area contributed by atoms with Crippen LogP contribution in [0.4, 0.5) is 0 Å². The van der Waals surface area contributed by atoms with Crippen molar-refractivity contribution in [2.24, 2.45) is 5.41 Å². The Morgan fingerprint density at radius 2 is 1.82 bits per heavy atom. The topological polar surface area (TPSA) is 54.4 Å². The summed E-state index contributed by atoms with van der Waals surface area (Å²) in [7, 11) is 0. The monoisotopic (exact) mass is 378 g/mol. The van der Waals surface area contributed by atoms with Gasteiger partial charge in [0.15, 0.2) is 5.78 Å². The first-order valence-corrected chi connectivity index (χ1v) is 10.3. The molecule has 0 saturated heterocycles. The Balaban J connectivity index is 1.74. The Morgan fingerprint density at radius 1 is 1.07 bits per heavy atom. The molecule has 2 aromatic carbocycles. The SMILES string of the molecule is CC(=O)c1ccccc1CC[C@@H](CCC1(CC(=O)O)CC1)c1cccc(C)c1. The molecule has 1 N–H and O–H groups in total. The van der Waals surface area contributed by atoms with Crippen LogP contribution in [0.2, 0.25) is 0 Å². The molecule has 0 radical (unpaired) electrons. The van der Waals surface area contributed by atoms with Crippen LogP contribution in [0.15, 0.2) is 48.5 Å². The molecule has 1 aliphatic rings. The molecule has 148 valence electrons. The van der Waals surface area contributed by atoms with Crippen LogP contribution < -0.4 is 0 Å². The van der Waals surface area contributed by atoms with E-state index in [1.807, 2.05) is 18.2 Å². The third-order valence-corrected chi connectivity index (χ3v) is 6.18. The van der Waals surface area contributed by atoms with E-state index in [0.717, 1.165) is 49.7 Å². The average molecular weight is 379 g/mol. The second-order valence-corrected chi connectivity index (χ2v) is 8.47. The Kier molecular flexibility index (Phi) is 6.33. The van der Waals surface area contributed by atoms with E-state index in [4.69, 9.17) is 0 Å². The number of ketones is 1. The molecule has 0 amide bonds. The fourth-order valence-electron chi connectivity index (χ4n) is 4.31. The minimum Gasteiger partial charge on any atom is -0.481 e. The van der Waals surface area contributed by atoms with Crippen LogP contribution in [-0.2, 0) is 11.2 Å². The lowest BCUT2D eigenvalue weighted by Crippen LogP contribution is -2.11. The van der Waals surface area contributed by atoms with Crippen molar-refractivity contribution in [3.63, 3.8) is 0 Å². The van der Waals surface area contributed by atoms with Crippen molar-refractivity contribution in [2.45, 2.75) is 64.7 Å². The molecule has 0 aromatic heterocycles. The van der Waals surface area contributed by atoms with Crippen LogP contribution in [0.3, 0.4) is 0 Å². The first-order valence-electron chi connectivity index (χ1n) is 10.3. The molecule has 1 fully saturated rings. The number of benzene rings is 2. The third-order valence-electron chi connectivity index (χ3n) is 6.18. The molecule has 28 heavy (non-hydrogen) atoms. The fraction of sp³-hybridized carbons (Fsp3) is 0.440. The highest BCUT2D eigenvalue weighted by Gasteiger charge is 2.44. The molecule has 1 aliphatic carbocycles. The highest BCUT2D eigenvalue weighted by Crippen LogP contribution is 2.53. The highest BCUT2D eigenvalue weighted by atomic mass is 16.4. The number of carbonyl (C=O) groups is 2. The van der Waals surface area contributed by atoms with Crippen molar-refractivity contribution >= 4 is 11.8 Å². The van der Waals surface area contributed by atoms with E-state index in [1.54, 1.807) is 6.92 Å². The lowest BCUT2D eigenvalue weighted by Gasteiger charge is -2.21. The first kappa shape index (κ1) is 20.3. The summed E-state index contributed by atoms with van der Waals surface area (Å²) >= 11 is 0. The predicted octanol–water partition coefficient (Wildman–Crippen LogP) is 5.95. The normalized spacial score (nSPS) is 15.8. The molecule has 0 unspecified atom stereocenters. The zero-order valence-electron chi connectivity index (χ0n) is 16.9. The number of hydrogen-bond donors (Lipinski definition) is 1. The van der Waals surface area contributed by atoms with Crippen molar-refractivity contribution in [1.82, 2.24) is 0 Å². The third kappa shape index (κ3) is 5.31. The molecule has 0 bridgehead atoms. The van der Waals surface area contributed by atoms with Gasteiger partial charge in [0.25, 0.3) is 0 Å². The van der Waals surface area contributed by atoms with E-state index in [0.29, 0.717) is 12.3 Å². The summed E-state index contributed by atoms with van der Waals surface area (Å²) < 4.78 is 0. The summed E-state index contributed by atoms with van der Waals surface area (Å²) in [5.41, 5.74) is 4.52. The van der Waals surface area contributed by atoms with Gasteiger partial charge in [-0.2, -0.15) is 0 Å². The molecule has 3 nitrogen and oxygen atoms in total. The van der Waals surface area contributed by atoms with Crippen molar-refractivity contribution in [2.75, 3.05) is 0 Å². The number of carboxylic acid groups (broad SMARTS) is 1. The van der Waals surface area contributed by atoms with Gasteiger partial charge in [-0.1, -0.05) is 54.1 Å². The Morgan fingerprint density at radius 3 is 2.46 bits per heavy atom. The van der Waals surface area contributed by atoms with Gasteiger partial charge in [-0.25, -0.2) is 0 Å². The Labute approximate surface area is 167 Å². The number of carboxylic acids is 1. The van der Waals surface area contributed by atoms with Gasteiger partial charge in [-0.05, 0) is 74.8 Å². The molecule has 3 rings (SSSR count). The molecule has 0 spiro atoms. The summed E-state index contributed by atoms with van der Waals surface area (Å²) in [6.45, 7) is 3.73. The van der Waals surface area contributed by atoms with Gasteiger partial charge >= 0.3 is 5.97 Å². The average Bonchev–Trinajstić information content (AvgIpc) is 3.40. The predicted molar refractivity (Wildman–Crippen MR) is 112 cm³/mol. The summed E-state index contributed by atoms with van der Waals surface area (Å²) in [5, 5.41) is 9.21. The quantitative estimate of drug-likeness (QED) is 0.520. The minimum atomic E-state index is -0.681. The maximum atomic E-state index is 11.9. The second kappa shape index (κ2) is 8.72. The van der Waals surface area contributed by atoms with Gasteiger partial charge in [0.05, 0.1) is 6.42 Å². The molecule has 0 heterocycles. The number of aliphatic carboxylic acids is 1. The van der Waals surface area contributed by atoms with Crippen molar-refractivity contribution in [3.8, 4) is 0 Å². The zero-order chi connectivity index (χ0) is 20.1. The van der Waals surface area contributed by atoms with Gasteiger partial charge in [0, 0.05) is 5.56 Å².